The van der Waals surface area contributed by atoms with E-state index in [1.165, 1.54) is 25.7 Å². The lowest BCUT2D eigenvalue weighted by Gasteiger charge is -2.20. The minimum absolute atomic E-state index is 0.119. The smallest absolute Gasteiger partial charge is 0.303 e. The van der Waals surface area contributed by atoms with E-state index in [0.717, 1.165) is 67.1 Å². The zero-order chi connectivity index (χ0) is 28.2. The third-order valence-corrected chi connectivity index (χ3v) is 6.41. The van der Waals surface area contributed by atoms with Crippen molar-refractivity contribution in [2.45, 2.75) is 65.7 Å². The molecule has 0 heterocycles. The standard InChI is InChI=1S/C23H32N2O3.C8H17NO/c1-5-25(6-2)14-15-28-22-16-18(11-13-23(26)27)10-12-21(22)19-8-7-9-20(17-19)24(3)4;1-2-3-4-5-6-7-9-8-10/h7-10,12,16-17H,5-6,11,13-15H2,1-4H3,(H,26,27);8H,2-7H2,1H3,(H,9,10). The van der Waals surface area contributed by atoms with Crippen LogP contribution in [0.4, 0.5) is 5.69 Å². The lowest BCUT2D eigenvalue weighted by molar-refractivity contribution is -0.137. The van der Waals surface area contributed by atoms with Gasteiger partial charge in [-0.2, -0.15) is 0 Å². The molecule has 0 saturated carbocycles. The molecule has 38 heavy (non-hydrogen) atoms. The van der Waals surface area contributed by atoms with Gasteiger partial charge in [0.15, 0.2) is 0 Å². The van der Waals surface area contributed by atoms with E-state index < -0.39 is 5.97 Å². The van der Waals surface area contributed by atoms with E-state index in [-0.39, 0.29) is 6.42 Å². The highest BCUT2D eigenvalue weighted by atomic mass is 16.5. The van der Waals surface area contributed by atoms with Gasteiger partial charge in [-0.25, -0.2) is 0 Å². The Bertz CT molecular complexity index is 929. The van der Waals surface area contributed by atoms with Crippen molar-refractivity contribution in [1.82, 2.24) is 10.2 Å². The normalized spacial score (nSPS) is 10.5. The highest BCUT2D eigenvalue weighted by Crippen LogP contribution is 2.33. The molecule has 0 aliphatic heterocycles. The Morgan fingerprint density at radius 3 is 2.37 bits per heavy atom. The fraction of sp³-hybridized carbons (Fsp3) is 0.548. The van der Waals surface area contributed by atoms with Crippen molar-refractivity contribution >= 4 is 18.1 Å². The number of carboxylic acid groups (broad SMARTS) is 1. The lowest BCUT2D eigenvalue weighted by atomic mass is 10.00. The van der Waals surface area contributed by atoms with Gasteiger partial charge in [-0.1, -0.05) is 70.7 Å². The molecular formula is C31H49N3O4. The molecule has 0 radical (unpaired) electrons. The Morgan fingerprint density at radius 1 is 1.00 bits per heavy atom. The topological polar surface area (TPSA) is 82.1 Å². The van der Waals surface area contributed by atoms with Gasteiger partial charge in [-0.15, -0.1) is 0 Å². The Hall–Kier alpha value is -3.06. The van der Waals surface area contributed by atoms with Gasteiger partial charge in [0.05, 0.1) is 0 Å². The number of aryl methyl sites for hydroxylation is 1. The molecule has 0 bridgehead atoms. The first-order valence-electron chi connectivity index (χ1n) is 14.0. The predicted octanol–water partition coefficient (Wildman–Crippen LogP) is 5.86. The number of ether oxygens (including phenoxy) is 1. The number of carbonyl (C=O) groups excluding carboxylic acids is 1. The number of nitrogens with zero attached hydrogens (tertiary/aromatic N) is 2. The van der Waals surface area contributed by atoms with Crippen molar-refractivity contribution in [3.8, 4) is 16.9 Å². The second kappa shape index (κ2) is 20.0. The molecule has 0 atom stereocenters. The van der Waals surface area contributed by atoms with E-state index in [0.29, 0.717) is 13.0 Å². The molecule has 2 aromatic rings. The predicted molar refractivity (Wildman–Crippen MR) is 158 cm³/mol. The molecule has 7 heteroatoms. The van der Waals surface area contributed by atoms with Crippen molar-refractivity contribution in [3.05, 3.63) is 48.0 Å². The largest absolute Gasteiger partial charge is 0.492 e. The highest BCUT2D eigenvalue weighted by Gasteiger charge is 2.11. The molecule has 0 spiro atoms. The van der Waals surface area contributed by atoms with E-state index in [1.807, 2.05) is 38.4 Å². The zero-order valence-electron chi connectivity index (χ0n) is 24.2. The van der Waals surface area contributed by atoms with Crippen LogP contribution in [0.3, 0.4) is 0 Å². The third kappa shape index (κ3) is 13.5. The van der Waals surface area contributed by atoms with Crippen LogP contribution in [0.1, 0.15) is 64.9 Å². The summed E-state index contributed by atoms with van der Waals surface area (Å²) in [7, 11) is 4.05. The number of amides is 1. The monoisotopic (exact) mass is 527 g/mol. The Morgan fingerprint density at radius 2 is 1.74 bits per heavy atom. The van der Waals surface area contributed by atoms with Crippen molar-refractivity contribution in [3.63, 3.8) is 0 Å². The van der Waals surface area contributed by atoms with Gasteiger partial charge < -0.3 is 25.0 Å². The molecule has 2 rings (SSSR count). The number of carboxylic acids is 1. The van der Waals surface area contributed by atoms with Crippen LogP contribution in [0.5, 0.6) is 5.75 Å². The summed E-state index contributed by atoms with van der Waals surface area (Å²) in [5.74, 6) is 0.0257. The number of nitrogens with one attached hydrogen (secondary N) is 1. The van der Waals surface area contributed by atoms with Crippen LogP contribution in [0.15, 0.2) is 42.5 Å². The molecule has 7 nitrogen and oxygen atoms in total. The van der Waals surface area contributed by atoms with Crippen molar-refractivity contribution in [2.24, 2.45) is 0 Å². The Balaban J connectivity index is 0.000000612. The SMILES string of the molecule is CCCCCCCNC=O.CCN(CC)CCOc1cc(CCC(=O)O)ccc1-c1cccc(N(C)C)c1. The van der Waals surface area contributed by atoms with Gasteiger partial charge in [-0.05, 0) is 55.3 Å². The van der Waals surface area contributed by atoms with Crippen LogP contribution >= 0.6 is 0 Å². The molecule has 2 aromatic carbocycles. The first-order chi connectivity index (χ1) is 18.4. The molecule has 0 aliphatic rings. The number of likely N-dealkylation sites (N-methyl/N-ethyl adjacent to an activating group) is 1. The van der Waals surface area contributed by atoms with E-state index >= 15 is 0 Å². The van der Waals surface area contributed by atoms with E-state index in [2.05, 4.69) is 54.1 Å². The number of benzene rings is 2. The van der Waals surface area contributed by atoms with Gasteiger partial charge in [0.2, 0.25) is 6.41 Å². The van der Waals surface area contributed by atoms with Crippen LogP contribution in [0, 0.1) is 0 Å². The number of anilines is 1. The maximum absolute atomic E-state index is 10.9. The Labute approximate surface area is 230 Å². The van der Waals surface area contributed by atoms with Crippen molar-refractivity contribution in [2.75, 3.05) is 51.8 Å². The summed E-state index contributed by atoms with van der Waals surface area (Å²) in [6, 6.07) is 14.4. The van der Waals surface area contributed by atoms with Crippen LogP contribution in [0.2, 0.25) is 0 Å². The number of aliphatic carboxylic acids is 1. The molecule has 212 valence electrons. The lowest BCUT2D eigenvalue weighted by Crippen LogP contribution is -2.28. The summed E-state index contributed by atoms with van der Waals surface area (Å²) < 4.78 is 6.17. The summed E-state index contributed by atoms with van der Waals surface area (Å²) in [6.07, 6.45) is 7.65. The summed E-state index contributed by atoms with van der Waals surface area (Å²) in [5.41, 5.74) is 4.23. The highest BCUT2D eigenvalue weighted by molar-refractivity contribution is 5.74. The molecule has 1 amide bonds. The average molecular weight is 528 g/mol. The molecule has 2 N–H and O–H groups in total. The van der Waals surface area contributed by atoms with E-state index in [9.17, 15) is 9.59 Å². The number of unbranched alkanes of at least 4 members (excludes halogenated alkanes) is 4. The maximum atomic E-state index is 10.9. The van der Waals surface area contributed by atoms with Crippen LogP contribution in [-0.2, 0) is 16.0 Å². The summed E-state index contributed by atoms with van der Waals surface area (Å²) in [4.78, 5) is 25.1. The first-order valence-corrected chi connectivity index (χ1v) is 14.0. The zero-order valence-corrected chi connectivity index (χ0v) is 24.2. The number of hydrogen-bond acceptors (Lipinski definition) is 5. The summed E-state index contributed by atoms with van der Waals surface area (Å²) >= 11 is 0. The first kappa shape index (κ1) is 33.0. The van der Waals surface area contributed by atoms with Crippen LogP contribution < -0.4 is 15.0 Å². The molecule has 0 fully saturated rings. The van der Waals surface area contributed by atoms with Gasteiger partial charge in [-0.3, -0.25) is 9.59 Å². The quantitative estimate of drug-likeness (QED) is 0.187. The fourth-order valence-corrected chi connectivity index (χ4v) is 4.00. The van der Waals surface area contributed by atoms with E-state index in [4.69, 9.17) is 9.84 Å². The molecular weight excluding hydrogens is 478 g/mol. The van der Waals surface area contributed by atoms with E-state index in [1.54, 1.807) is 0 Å². The molecule has 0 aromatic heterocycles. The minimum atomic E-state index is -0.785. The maximum Gasteiger partial charge on any atom is 0.303 e. The molecule has 0 unspecified atom stereocenters. The van der Waals surface area contributed by atoms with Gasteiger partial charge >= 0.3 is 5.97 Å². The van der Waals surface area contributed by atoms with Crippen molar-refractivity contribution in [1.29, 1.82) is 0 Å². The molecule has 0 saturated heterocycles. The van der Waals surface area contributed by atoms with Gasteiger partial charge in [0.1, 0.15) is 12.4 Å². The number of hydrogen-bond donors (Lipinski definition) is 2. The minimum Gasteiger partial charge on any atom is -0.492 e. The van der Waals surface area contributed by atoms with Crippen molar-refractivity contribution < 1.29 is 19.4 Å². The number of carbonyl (C=O) groups is 2. The third-order valence-electron chi connectivity index (χ3n) is 6.41. The Kier molecular flexibility index (Phi) is 17.3. The fourth-order valence-electron chi connectivity index (χ4n) is 4.00. The molecule has 0 aliphatic carbocycles. The second-order valence-corrected chi connectivity index (χ2v) is 9.53. The van der Waals surface area contributed by atoms with Gasteiger partial charge in [0.25, 0.3) is 0 Å². The summed E-state index contributed by atoms with van der Waals surface area (Å²) in [6.45, 7) is 10.8. The number of rotatable bonds is 18. The van der Waals surface area contributed by atoms with Gasteiger partial charge in [0, 0.05) is 44.9 Å². The van der Waals surface area contributed by atoms with Crippen LogP contribution in [0.25, 0.3) is 11.1 Å². The summed E-state index contributed by atoms with van der Waals surface area (Å²) in [5, 5.41) is 11.6. The average Bonchev–Trinajstić information content (AvgIpc) is 2.92. The second-order valence-electron chi connectivity index (χ2n) is 9.53. The van der Waals surface area contributed by atoms with Crippen LogP contribution in [-0.4, -0.2) is 69.3 Å².